The van der Waals surface area contributed by atoms with E-state index in [4.69, 9.17) is 4.74 Å². The summed E-state index contributed by atoms with van der Waals surface area (Å²) in [5.41, 5.74) is 0. The number of nitrogens with zero attached hydrogens (tertiary/aromatic N) is 1. The lowest BCUT2D eigenvalue weighted by Crippen LogP contribution is -2.42. The number of carbonyl (C=O) groups excluding carboxylic acids is 2. The lowest BCUT2D eigenvalue weighted by atomic mass is 9.99. The molecule has 1 heterocycles. The molecule has 1 aliphatic rings. The largest absolute Gasteiger partial charge is 0.362 e. The van der Waals surface area contributed by atoms with Gasteiger partial charge in [-0.3, -0.25) is 9.59 Å². The Balaban J connectivity index is 2.34. The van der Waals surface area contributed by atoms with Gasteiger partial charge in [0.25, 0.3) is 0 Å². The van der Waals surface area contributed by atoms with Gasteiger partial charge >= 0.3 is 0 Å². The Hall–Kier alpha value is -0.900. The Kier molecular flexibility index (Phi) is 7.82. The molecule has 0 aromatic carbocycles. The first-order chi connectivity index (χ1) is 9.61. The van der Waals surface area contributed by atoms with Crippen LogP contribution in [-0.2, 0) is 14.3 Å². The van der Waals surface area contributed by atoms with Gasteiger partial charge in [-0.05, 0) is 26.2 Å². The minimum atomic E-state index is -0.517. The van der Waals surface area contributed by atoms with Crippen molar-refractivity contribution in [1.82, 2.24) is 4.90 Å². The van der Waals surface area contributed by atoms with E-state index in [2.05, 4.69) is 6.92 Å². The van der Waals surface area contributed by atoms with Crippen molar-refractivity contribution in [1.29, 1.82) is 0 Å². The summed E-state index contributed by atoms with van der Waals surface area (Å²) < 4.78 is 5.29. The molecule has 0 radical (unpaired) electrons. The number of unbranched alkanes of at least 4 members (excludes halogenated alkanes) is 4. The van der Waals surface area contributed by atoms with Crippen molar-refractivity contribution < 1.29 is 14.3 Å². The summed E-state index contributed by atoms with van der Waals surface area (Å²) >= 11 is 0. The van der Waals surface area contributed by atoms with Gasteiger partial charge in [-0.1, -0.05) is 32.6 Å². The quantitative estimate of drug-likeness (QED) is 0.482. The molecule has 1 saturated heterocycles. The highest BCUT2D eigenvalue weighted by Crippen LogP contribution is 2.21. The van der Waals surface area contributed by atoms with Gasteiger partial charge in [0.2, 0.25) is 5.91 Å². The summed E-state index contributed by atoms with van der Waals surface area (Å²) in [5, 5.41) is 0. The first-order valence-corrected chi connectivity index (χ1v) is 7.97. The maximum Gasteiger partial charge on any atom is 0.234 e. The zero-order valence-electron chi connectivity index (χ0n) is 13.2. The zero-order valence-corrected chi connectivity index (χ0v) is 13.2. The molecule has 2 atom stereocenters. The first-order valence-electron chi connectivity index (χ1n) is 7.97. The number of rotatable bonds is 9. The monoisotopic (exact) mass is 283 g/mol. The van der Waals surface area contributed by atoms with Gasteiger partial charge < -0.3 is 9.64 Å². The standard InChI is InChI=1S/C16H29NO3/c1-4-5-6-7-8-10-14(18)13(2)16(19)17-12-9-11-15(17)20-3/h13,15H,4-12H2,1-3H3. The number of methoxy groups -OCH3 is 1. The van der Waals surface area contributed by atoms with Crippen molar-refractivity contribution in [2.24, 2.45) is 5.92 Å². The lowest BCUT2D eigenvalue weighted by molar-refractivity contribution is -0.147. The maximum absolute atomic E-state index is 12.3. The molecule has 4 heteroatoms. The molecule has 4 nitrogen and oxygen atoms in total. The number of likely N-dealkylation sites (tertiary alicyclic amines) is 1. The minimum absolute atomic E-state index is 0.0621. The molecule has 1 fully saturated rings. The summed E-state index contributed by atoms with van der Waals surface area (Å²) in [4.78, 5) is 26.1. The molecule has 0 bridgehead atoms. The molecule has 20 heavy (non-hydrogen) atoms. The Morgan fingerprint density at radius 3 is 2.60 bits per heavy atom. The Labute approximate surface area is 122 Å². The van der Waals surface area contributed by atoms with Gasteiger partial charge in [-0.25, -0.2) is 0 Å². The molecule has 0 aromatic heterocycles. The summed E-state index contributed by atoms with van der Waals surface area (Å²) in [6.07, 6.45) is 7.84. The number of hydrogen-bond acceptors (Lipinski definition) is 3. The summed E-state index contributed by atoms with van der Waals surface area (Å²) in [6.45, 7) is 4.63. The third-order valence-corrected chi connectivity index (χ3v) is 4.13. The van der Waals surface area contributed by atoms with Crippen molar-refractivity contribution >= 4 is 11.7 Å². The highest BCUT2D eigenvalue weighted by atomic mass is 16.5. The van der Waals surface area contributed by atoms with Crippen LogP contribution in [-0.4, -0.2) is 36.5 Å². The van der Waals surface area contributed by atoms with Gasteiger partial charge in [0, 0.05) is 20.1 Å². The Bertz CT molecular complexity index is 317. The number of hydrogen-bond donors (Lipinski definition) is 0. The Morgan fingerprint density at radius 2 is 1.95 bits per heavy atom. The zero-order chi connectivity index (χ0) is 15.0. The molecule has 0 N–H and O–H groups in total. The number of Topliss-reactive ketones (excluding diaryl/α,β-unsaturated/α-hetero) is 1. The molecule has 0 spiro atoms. The summed E-state index contributed by atoms with van der Waals surface area (Å²) in [7, 11) is 1.62. The average Bonchev–Trinajstić information content (AvgIpc) is 2.93. The van der Waals surface area contributed by atoms with Gasteiger partial charge in [0.1, 0.15) is 12.0 Å². The van der Waals surface area contributed by atoms with Crippen LogP contribution in [0.25, 0.3) is 0 Å². The van der Waals surface area contributed by atoms with E-state index < -0.39 is 5.92 Å². The number of ketones is 1. The SMILES string of the molecule is CCCCCCCC(=O)C(C)C(=O)N1CCCC1OC. The van der Waals surface area contributed by atoms with E-state index in [0.717, 1.165) is 25.7 Å². The van der Waals surface area contributed by atoms with Gasteiger partial charge in [0.15, 0.2) is 0 Å². The van der Waals surface area contributed by atoms with E-state index in [1.807, 2.05) is 0 Å². The molecule has 0 saturated carbocycles. The molecule has 1 amide bonds. The summed E-state index contributed by atoms with van der Waals surface area (Å²) in [5.74, 6) is -0.502. The van der Waals surface area contributed by atoms with E-state index in [1.165, 1.54) is 19.3 Å². The minimum Gasteiger partial charge on any atom is -0.362 e. The third-order valence-electron chi connectivity index (χ3n) is 4.13. The van der Waals surface area contributed by atoms with Crippen molar-refractivity contribution in [3.63, 3.8) is 0 Å². The van der Waals surface area contributed by atoms with Crippen LogP contribution in [0.3, 0.4) is 0 Å². The molecule has 0 aliphatic carbocycles. The normalized spacial score (nSPS) is 20.1. The second-order valence-corrected chi connectivity index (χ2v) is 5.72. The topological polar surface area (TPSA) is 46.6 Å². The second-order valence-electron chi connectivity index (χ2n) is 5.72. The molecule has 1 rings (SSSR count). The van der Waals surface area contributed by atoms with Crippen LogP contribution in [0.2, 0.25) is 0 Å². The Morgan fingerprint density at radius 1 is 1.25 bits per heavy atom. The van der Waals surface area contributed by atoms with E-state index in [-0.39, 0.29) is 17.9 Å². The molecular weight excluding hydrogens is 254 g/mol. The van der Waals surface area contributed by atoms with Crippen molar-refractivity contribution in [2.45, 2.75) is 71.4 Å². The smallest absolute Gasteiger partial charge is 0.234 e. The average molecular weight is 283 g/mol. The lowest BCUT2D eigenvalue weighted by Gasteiger charge is -2.25. The van der Waals surface area contributed by atoms with E-state index in [0.29, 0.717) is 13.0 Å². The van der Waals surface area contributed by atoms with Crippen LogP contribution in [0.4, 0.5) is 0 Å². The predicted octanol–water partition coefficient (Wildman–Crippen LogP) is 3.15. The van der Waals surface area contributed by atoms with Crippen LogP contribution in [0, 0.1) is 5.92 Å². The molecule has 1 aliphatic heterocycles. The van der Waals surface area contributed by atoms with Crippen molar-refractivity contribution in [2.75, 3.05) is 13.7 Å². The van der Waals surface area contributed by atoms with Crippen molar-refractivity contribution in [3.05, 3.63) is 0 Å². The molecular formula is C16H29NO3. The van der Waals surface area contributed by atoms with E-state index >= 15 is 0 Å². The van der Waals surface area contributed by atoms with Crippen LogP contribution in [0.15, 0.2) is 0 Å². The van der Waals surface area contributed by atoms with Crippen LogP contribution < -0.4 is 0 Å². The predicted molar refractivity (Wildman–Crippen MR) is 79.3 cm³/mol. The fraction of sp³-hybridized carbons (Fsp3) is 0.875. The van der Waals surface area contributed by atoms with Gasteiger partial charge in [-0.2, -0.15) is 0 Å². The van der Waals surface area contributed by atoms with Crippen LogP contribution in [0.5, 0.6) is 0 Å². The maximum atomic E-state index is 12.3. The first kappa shape index (κ1) is 17.2. The fourth-order valence-electron chi connectivity index (χ4n) is 2.74. The number of carbonyl (C=O) groups is 2. The number of amides is 1. The van der Waals surface area contributed by atoms with E-state index in [9.17, 15) is 9.59 Å². The highest BCUT2D eigenvalue weighted by Gasteiger charge is 2.33. The fourth-order valence-corrected chi connectivity index (χ4v) is 2.74. The van der Waals surface area contributed by atoms with Crippen molar-refractivity contribution in [3.8, 4) is 0 Å². The van der Waals surface area contributed by atoms with E-state index in [1.54, 1.807) is 18.9 Å². The van der Waals surface area contributed by atoms with Crippen LogP contribution in [0.1, 0.15) is 65.2 Å². The van der Waals surface area contributed by atoms with Crippen LogP contribution >= 0.6 is 0 Å². The molecule has 0 aromatic rings. The molecule has 2 unspecified atom stereocenters. The highest BCUT2D eigenvalue weighted by molar-refractivity contribution is 6.01. The summed E-state index contributed by atoms with van der Waals surface area (Å²) in [6, 6.07) is 0. The molecule has 116 valence electrons. The van der Waals surface area contributed by atoms with Gasteiger partial charge in [0.05, 0.1) is 5.92 Å². The number of ether oxygens (including phenoxy) is 1. The van der Waals surface area contributed by atoms with Gasteiger partial charge in [-0.15, -0.1) is 0 Å². The second kappa shape index (κ2) is 9.11. The third kappa shape index (κ3) is 4.89.